The Hall–Kier alpha value is -3.32. The number of carbonyl (C=O) groups excluding carboxylic acids is 3. The Kier molecular flexibility index (Phi) is 7.69. The van der Waals surface area contributed by atoms with Crippen LogP contribution in [0.4, 0.5) is 15.3 Å². The number of halogens is 2. The van der Waals surface area contributed by atoms with Crippen LogP contribution >= 0.6 is 27.5 Å². The Morgan fingerprint density at radius 3 is 2.28 bits per heavy atom. The van der Waals surface area contributed by atoms with Gasteiger partial charge in [0.2, 0.25) is 0 Å². The maximum Gasteiger partial charge on any atom is 0.404 e. The van der Waals surface area contributed by atoms with Gasteiger partial charge in [-0.1, -0.05) is 11.6 Å². The highest BCUT2D eigenvalue weighted by molar-refractivity contribution is 9.10. The van der Waals surface area contributed by atoms with Crippen molar-refractivity contribution in [1.82, 2.24) is 30.0 Å². The number of imidazole rings is 1. The molecule has 14 heteroatoms. The van der Waals surface area contributed by atoms with E-state index in [1.165, 1.54) is 12.3 Å². The number of carboxylic acid groups (broad SMARTS) is 1. The maximum atomic E-state index is 13.0. The summed E-state index contributed by atoms with van der Waals surface area (Å²) in [5.41, 5.74) is 0.734. The smallest absolute Gasteiger partial charge is 0.404 e. The number of nitrogens with one attached hydrogen (secondary N) is 3. The van der Waals surface area contributed by atoms with E-state index in [1.54, 1.807) is 33.5 Å². The zero-order valence-electron chi connectivity index (χ0n) is 19.3. The predicted octanol–water partition coefficient (Wildman–Crippen LogP) is 2.35. The van der Waals surface area contributed by atoms with Crippen molar-refractivity contribution in [3.8, 4) is 0 Å². The van der Waals surface area contributed by atoms with Crippen LogP contribution in [-0.4, -0.2) is 86.7 Å². The molecule has 0 radical (unpaired) electrons. The molecule has 12 nitrogen and oxygen atoms in total. The van der Waals surface area contributed by atoms with Gasteiger partial charge in [0.25, 0.3) is 11.8 Å². The highest BCUT2D eigenvalue weighted by Crippen LogP contribution is 2.24. The Labute approximate surface area is 220 Å². The summed E-state index contributed by atoms with van der Waals surface area (Å²) in [7, 11) is 1.70. The van der Waals surface area contributed by atoms with Crippen LogP contribution in [0.1, 0.15) is 33.8 Å². The topological polar surface area (TPSA) is 149 Å². The van der Waals surface area contributed by atoms with Crippen LogP contribution in [0, 0.1) is 0 Å². The normalized spacial score (nSPS) is 19.3. The fraction of sp³-hybridized carbons (Fsp3) is 0.409. The number of piperazine rings is 1. The summed E-state index contributed by atoms with van der Waals surface area (Å²) in [6.45, 7) is 1.43. The van der Waals surface area contributed by atoms with Crippen molar-refractivity contribution in [2.75, 3.05) is 31.5 Å². The van der Waals surface area contributed by atoms with Gasteiger partial charge in [-0.2, -0.15) is 0 Å². The molecule has 1 aliphatic carbocycles. The van der Waals surface area contributed by atoms with Gasteiger partial charge < -0.3 is 35.4 Å². The molecule has 1 saturated heterocycles. The molecule has 4 N–H and O–H groups in total. The first-order valence-electron chi connectivity index (χ1n) is 11.2. The van der Waals surface area contributed by atoms with Crippen LogP contribution in [0.25, 0.3) is 0 Å². The van der Waals surface area contributed by atoms with Crippen LogP contribution < -0.4 is 16.0 Å². The molecule has 1 aromatic carbocycles. The monoisotopic (exact) mass is 581 g/mol. The quantitative estimate of drug-likeness (QED) is 0.425. The fourth-order valence-electron chi connectivity index (χ4n) is 4.13. The summed E-state index contributed by atoms with van der Waals surface area (Å²) in [6, 6.07) is 4.25. The van der Waals surface area contributed by atoms with E-state index >= 15 is 0 Å². The number of nitrogens with zero attached hydrogens (tertiary/aromatic N) is 4. The van der Waals surface area contributed by atoms with Gasteiger partial charge in [0.1, 0.15) is 4.60 Å². The predicted molar refractivity (Wildman–Crippen MR) is 134 cm³/mol. The van der Waals surface area contributed by atoms with E-state index in [0.717, 1.165) is 0 Å². The van der Waals surface area contributed by atoms with Crippen LogP contribution in [0.15, 0.2) is 29.0 Å². The Morgan fingerprint density at radius 1 is 1.06 bits per heavy atom. The number of rotatable bonds is 5. The fourth-order valence-corrected chi connectivity index (χ4v) is 4.66. The SMILES string of the molecule is Cn1c(Br)cnc1C(=O)Nc1ccc(C(=O)N2CCN(C(=O)NC3CC(NC(=O)O)C3)CC2)c(Cl)c1. The second-order valence-corrected chi connectivity index (χ2v) is 9.88. The second-order valence-electron chi connectivity index (χ2n) is 8.66. The van der Waals surface area contributed by atoms with Gasteiger partial charge in [0.15, 0.2) is 5.82 Å². The third-order valence-electron chi connectivity index (χ3n) is 6.24. The standard InChI is InChI=1S/C22H25BrClN7O5/c1-29-17(23)11-25-18(29)19(32)26-12-2-3-15(16(24)10-12)20(33)30-4-6-31(7-5-30)21(34)27-13-8-14(9-13)28-22(35)36/h2-3,10-11,13-14,28H,4-9H2,1H3,(H,26,32)(H,27,34)(H,35,36). The van der Waals surface area contributed by atoms with Crippen molar-refractivity contribution >= 4 is 57.2 Å². The molecule has 2 aliphatic rings. The summed E-state index contributed by atoms with van der Waals surface area (Å²) in [5.74, 6) is -0.454. The highest BCUT2D eigenvalue weighted by Gasteiger charge is 2.33. The third-order valence-corrected chi connectivity index (χ3v) is 7.29. The van der Waals surface area contributed by atoms with Gasteiger partial charge in [0.05, 0.1) is 16.8 Å². The molecule has 0 spiro atoms. The van der Waals surface area contributed by atoms with E-state index in [9.17, 15) is 19.2 Å². The molecule has 0 bridgehead atoms. The van der Waals surface area contributed by atoms with Crippen LogP contribution in [-0.2, 0) is 7.05 Å². The minimum Gasteiger partial charge on any atom is -0.465 e. The first kappa shape index (κ1) is 25.8. The summed E-state index contributed by atoms with van der Waals surface area (Å²) < 4.78 is 2.25. The highest BCUT2D eigenvalue weighted by atomic mass is 79.9. The maximum absolute atomic E-state index is 13.0. The van der Waals surface area contributed by atoms with E-state index in [0.29, 0.717) is 54.9 Å². The van der Waals surface area contributed by atoms with Gasteiger partial charge in [-0.15, -0.1) is 0 Å². The number of urea groups is 1. The lowest BCUT2D eigenvalue weighted by Gasteiger charge is -2.39. The molecule has 1 aromatic heterocycles. The van der Waals surface area contributed by atoms with Crippen molar-refractivity contribution in [3.63, 3.8) is 0 Å². The number of aromatic nitrogens is 2. The lowest BCUT2D eigenvalue weighted by atomic mass is 9.87. The number of carbonyl (C=O) groups is 4. The van der Waals surface area contributed by atoms with Gasteiger partial charge in [-0.05, 0) is 47.0 Å². The van der Waals surface area contributed by atoms with Gasteiger partial charge in [-0.3, -0.25) is 9.59 Å². The average Bonchev–Trinajstić information content (AvgIpc) is 3.15. The van der Waals surface area contributed by atoms with E-state index in [2.05, 4.69) is 36.9 Å². The third kappa shape index (κ3) is 5.73. The Bertz CT molecular complexity index is 1190. The summed E-state index contributed by atoms with van der Waals surface area (Å²) in [4.78, 5) is 55.9. The van der Waals surface area contributed by atoms with E-state index < -0.39 is 12.0 Å². The van der Waals surface area contributed by atoms with Crippen molar-refractivity contribution in [2.24, 2.45) is 7.05 Å². The van der Waals surface area contributed by atoms with Crippen LogP contribution in [0.3, 0.4) is 0 Å². The molecule has 0 atom stereocenters. The minimum atomic E-state index is -1.07. The molecule has 5 amide bonds. The number of amides is 5. The van der Waals surface area contributed by atoms with E-state index in [-0.39, 0.29) is 34.9 Å². The summed E-state index contributed by atoms with van der Waals surface area (Å²) >= 11 is 9.66. The molecule has 2 fully saturated rings. The van der Waals surface area contributed by atoms with E-state index in [4.69, 9.17) is 16.7 Å². The molecular weight excluding hydrogens is 558 g/mol. The van der Waals surface area contributed by atoms with Crippen LogP contribution in [0.2, 0.25) is 5.02 Å². The summed E-state index contributed by atoms with van der Waals surface area (Å²) in [5, 5.41) is 16.9. The van der Waals surface area contributed by atoms with Gasteiger partial charge in [-0.25, -0.2) is 14.6 Å². The minimum absolute atomic E-state index is 0.0641. The molecule has 2 aromatic rings. The van der Waals surface area contributed by atoms with Gasteiger partial charge in [0, 0.05) is 51.0 Å². The Morgan fingerprint density at radius 2 is 1.69 bits per heavy atom. The lowest BCUT2D eigenvalue weighted by molar-refractivity contribution is 0.0659. The molecule has 2 heterocycles. The van der Waals surface area contributed by atoms with Gasteiger partial charge >= 0.3 is 12.1 Å². The zero-order valence-corrected chi connectivity index (χ0v) is 21.7. The van der Waals surface area contributed by atoms with Crippen LogP contribution in [0.5, 0.6) is 0 Å². The lowest BCUT2D eigenvalue weighted by Crippen LogP contribution is -2.58. The number of hydrogen-bond acceptors (Lipinski definition) is 5. The second kappa shape index (κ2) is 10.7. The zero-order chi connectivity index (χ0) is 26.0. The van der Waals surface area contributed by atoms with Crippen molar-refractivity contribution in [2.45, 2.75) is 24.9 Å². The summed E-state index contributed by atoms with van der Waals surface area (Å²) in [6.07, 6.45) is 1.58. The number of hydrogen-bond donors (Lipinski definition) is 4. The average molecular weight is 583 g/mol. The number of anilines is 1. The first-order chi connectivity index (χ1) is 17.1. The molecule has 1 aliphatic heterocycles. The Balaban J connectivity index is 1.27. The van der Waals surface area contributed by atoms with E-state index in [1.807, 2.05) is 0 Å². The molecule has 1 saturated carbocycles. The van der Waals surface area contributed by atoms with Crippen molar-refractivity contribution < 1.29 is 24.3 Å². The molecule has 36 heavy (non-hydrogen) atoms. The largest absolute Gasteiger partial charge is 0.465 e. The first-order valence-corrected chi connectivity index (χ1v) is 12.4. The molecule has 0 unspecified atom stereocenters. The molecular formula is C22H25BrClN7O5. The number of benzene rings is 1. The molecule has 4 rings (SSSR count). The van der Waals surface area contributed by atoms with Crippen molar-refractivity contribution in [3.05, 3.63) is 45.4 Å². The van der Waals surface area contributed by atoms with Crippen molar-refractivity contribution in [1.29, 1.82) is 0 Å². The molecule has 192 valence electrons.